The Kier molecular flexibility index (Phi) is 6.86. The molecule has 1 amide bonds. The highest BCUT2D eigenvalue weighted by Crippen LogP contribution is 2.27. The number of aromatic nitrogens is 2. The molecule has 178 valence electrons. The topological polar surface area (TPSA) is 82.5 Å². The molecule has 4 aromatic rings. The molecule has 3 aromatic carbocycles. The fraction of sp³-hybridized carbons (Fsp3) is 0.115. The van der Waals surface area contributed by atoms with Gasteiger partial charge in [0.2, 0.25) is 0 Å². The SMILES string of the molecule is CCOC(=O)c1cc(-c2cccc(NC(=O)c3ccc(OC)c(F)c3)c2)n(-c2cccc(F)c2)n1. The molecule has 7 nitrogen and oxygen atoms in total. The fourth-order valence-electron chi connectivity index (χ4n) is 3.46. The molecule has 4 rings (SSSR count). The van der Waals surface area contributed by atoms with Crippen LogP contribution in [-0.2, 0) is 4.74 Å². The predicted octanol–water partition coefficient (Wildman–Crippen LogP) is 5.26. The monoisotopic (exact) mass is 477 g/mol. The normalized spacial score (nSPS) is 10.6. The molecule has 0 aliphatic heterocycles. The zero-order valence-corrected chi connectivity index (χ0v) is 18.9. The predicted molar refractivity (Wildman–Crippen MR) is 126 cm³/mol. The average molecular weight is 477 g/mol. The van der Waals surface area contributed by atoms with E-state index in [1.54, 1.807) is 37.3 Å². The molecule has 0 radical (unpaired) electrons. The number of benzene rings is 3. The van der Waals surface area contributed by atoms with E-state index < -0.39 is 23.5 Å². The van der Waals surface area contributed by atoms with Gasteiger partial charge in [-0.15, -0.1) is 0 Å². The van der Waals surface area contributed by atoms with Crippen LogP contribution >= 0.6 is 0 Å². The summed E-state index contributed by atoms with van der Waals surface area (Å²) in [5.41, 5.74) is 2.06. The minimum atomic E-state index is -0.653. The smallest absolute Gasteiger partial charge is 0.358 e. The number of hydrogen-bond donors (Lipinski definition) is 1. The molecule has 0 atom stereocenters. The molecule has 0 unspecified atom stereocenters. The lowest BCUT2D eigenvalue weighted by atomic mass is 10.1. The molecular weight excluding hydrogens is 456 g/mol. The second-order valence-corrected chi connectivity index (χ2v) is 7.41. The van der Waals surface area contributed by atoms with Crippen LogP contribution in [-0.4, -0.2) is 35.4 Å². The van der Waals surface area contributed by atoms with Crippen molar-refractivity contribution >= 4 is 17.6 Å². The Hall–Kier alpha value is -4.53. The molecule has 0 fully saturated rings. The molecule has 35 heavy (non-hydrogen) atoms. The van der Waals surface area contributed by atoms with Gasteiger partial charge in [-0.2, -0.15) is 5.10 Å². The Bertz CT molecular complexity index is 1400. The Balaban J connectivity index is 1.69. The first-order valence-corrected chi connectivity index (χ1v) is 10.7. The van der Waals surface area contributed by atoms with Crippen molar-refractivity contribution < 1.29 is 27.8 Å². The number of carbonyl (C=O) groups is 2. The third-order valence-corrected chi connectivity index (χ3v) is 5.08. The Morgan fingerprint density at radius 1 is 1.00 bits per heavy atom. The van der Waals surface area contributed by atoms with Crippen LogP contribution < -0.4 is 10.1 Å². The van der Waals surface area contributed by atoms with E-state index in [0.717, 1.165) is 6.07 Å². The number of carbonyl (C=O) groups excluding carboxylic acids is 2. The molecule has 1 N–H and O–H groups in total. The van der Waals surface area contributed by atoms with Crippen LogP contribution in [0.4, 0.5) is 14.5 Å². The van der Waals surface area contributed by atoms with E-state index in [-0.39, 0.29) is 23.6 Å². The Morgan fingerprint density at radius 2 is 1.80 bits per heavy atom. The van der Waals surface area contributed by atoms with Crippen molar-refractivity contribution in [3.05, 3.63) is 95.7 Å². The van der Waals surface area contributed by atoms with Gasteiger partial charge in [0.05, 0.1) is 25.1 Å². The third kappa shape index (κ3) is 5.19. The summed E-state index contributed by atoms with van der Waals surface area (Å²) in [6, 6.07) is 18.0. The number of amides is 1. The molecule has 1 heterocycles. The summed E-state index contributed by atoms with van der Waals surface area (Å²) in [6.45, 7) is 1.86. The minimum Gasteiger partial charge on any atom is -0.494 e. The van der Waals surface area contributed by atoms with Crippen molar-refractivity contribution in [2.24, 2.45) is 0 Å². The Labute approximate surface area is 199 Å². The largest absolute Gasteiger partial charge is 0.494 e. The molecule has 0 aliphatic rings. The van der Waals surface area contributed by atoms with E-state index in [1.165, 1.54) is 48.2 Å². The third-order valence-electron chi connectivity index (χ3n) is 5.08. The summed E-state index contributed by atoms with van der Waals surface area (Å²) >= 11 is 0. The highest BCUT2D eigenvalue weighted by Gasteiger charge is 2.19. The van der Waals surface area contributed by atoms with Crippen LogP contribution in [0.2, 0.25) is 0 Å². The molecule has 1 aromatic heterocycles. The van der Waals surface area contributed by atoms with E-state index in [9.17, 15) is 18.4 Å². The van der Waals surface area contributed by atoms with Crippen LogP contribution in [0, 0.1) is 11.6 Å². The first-order chi connectivity index (χ1) is 16.9. The maximum absolute atomic E-state index is 14.0. The van der Waals surface area contributed by atoms with Gasteiger partial charge >= 0.3 is 5.97 Å². The van der Waals surface area contributed by atoms with Crippen molar-refractivity contribution in [2.75, 3.05) is 19.0 Å². The number of ether oxygens (including phenoxy) is 2. The number of methoxy groups -OCH3 is 1. The number of rotatable bonds is 7. The van der Waals surface area contributed by atoms with Crippen molar-refractivity contribution in [2.45, 2.75) is 6.92 Å². The van der Waals surface area contributed by atoms with Gasteiger partial charge in [-0.05, 0) is 61.5 Å². The first-order valence-electron chi connectivity index (χ1n) is 10.7. The second-order valence-electron chi connectivity index (χ2n) is 7.41. The maximum atomic E-state index is 14.0. The minimum absolute atomic E-state index is 0.0339. The quantitative estimate of drug-likeness (QED) is 0.368. The van der Waals surface area contributed by atoms with Gasteiger partial charge in [0.1, 0.15) is 5.82 Å². The molecule has 0 saturated carbocycles. The second kappa shape index (κ2) is 10.2. The number of nitrogens with zero attached hydrogens (tertiary/aromatic N) is 2. The van der Waals surface area contributed by atoms with Crippen molar-refractivity contribution in [3.8, 4) is 22.7 Å². The summed E-state index contributed by atoms with van der Waals surface area (Å²) in [5, 5.41) is 7.04. The summed E-state index contributed by atoms with van der Waals surface area (Å²) < 4.78 is 39.3. The van der Waals surface area contributed by atoms with Gasteiger partial charge in [0.15, 0.2) is 17.3 Å². The van der Waals surface area contributed by atoms with Crippen LogP contribution in [0.1, 0.15) is 27.8 Å². The number of hydrogen-bond acceptors (Lipinski definition) is 5. The zero-order chi connectivity index (χ0) is 24.9. The molecule has 0 spiro atoms. The van der Waals surface area contributed by atoms with Gasteiger partial charge in [0, 0.05) is 16.8 Å². The van der Waals surface area contributed by atoms with Gasteiger partial charge in [0.25, 0.3) is 5.91 Å². The van der Waals surface area contributed by atoms with E-state index in [0.29, 0.717) is 22.6 Å². The standard InChI is InChI=1S/C26H21F2N3O4/c1-3-35-26(33)22-15-23(31(30-22)20-9-5-7-18(27)14-20)16-6-4-8-19(12-16)29-25(32)17-10-11-24(34-2)21(28)13-17/h4-15H,3H2,1-2H3,(H,29,32). The highest BCUT2D eigenvalue weighted by atomic mass is 19.1. The van der Waals surface area contributed by atoms with Crippen molar-refractivity contribution in [3.63, 3.8) is 0 Å². The number of esters is 1. The summed E-state index contributed by atoms with van der Waals surface area (Å²) in [4.78, 5) is 25.0. The molecule has 0 bridgehead atoms. The van der Waals surface area contributed by atoms with Crippen LogP contribution in [0.25, 0.3) is 16.9 Å². The molecule has 0 aliphatic carbocycles. The maximum Gasteiger partial charge on any atom is 0.358 e. The van der Waals surface area contributed by atoms with Crippen LogP contribution in [0.5, 0.6) is 5.75 Å². The molecular formula is C26H21F2N3O4. The number of anilines is 1. The van der Waals surface area contributed by atoms with E-state index in [1.807, 2.05) is 0 Å². The Morgan fingerprint density at radius 3 is 2.51 bits per heavy atom. The van der Waals surface area contributed by atoms with Gasteiger partial charge < -0.3 is 14.8 Å². The summed E-state index contributed by atoms with van der Waals surface area (Å²) in [5.74, 6) is -2.22. The first kappa shape index (κ1) is 23.6. The average Bonchev–Trinajstić information content (AvgIpc) is 3.30. The lowest BCUT2D eigenvalue weighted by molar-refractivity contribution is 0.0519. The van der Waals surface area contributed by atoms with E-state index in [4.69, 9.17) is 9.47 Å². The summed E-state index contributed by atoms with van der Waals surface area (Å²) in [7, 11) is 1.34. The number of nitrogens with one attached hydrogen (secondary N) is 1. The van der Waals surface area contributed by atoms with Gasteiger partial charge in [-0.3, -0.25) is 4.79 Å². The van der Waals surface area contributed by atoms with Crippen molar-refractivity contribution in [1.29, 1.82) is 0 Å². The molecule has 9 heteroatoms. The van der Waals surface area contributed by atoms with Gasteiger partial charge in [-0.1, -0.05) is 18.2 Å². The zero-order valence-electron chi connectivity index (χ0n) is 18.9. The molecule has 0 saturated heterocycles. The van der Waals surface area contributed by atoms with Crippen LogP contribution in [0.3, 0.4) is 0 Å². The van der Waals surface area contributed by atoms with Gasteiger partial charge in [-0.25, -0.2) is 18.3 Å². The fourth-order valence-corrected chi connectivity index (χ4v) is 3.46. The van der Waals surface area contributed by atoms with E-state index >= 15 is 0 Å². The summed E-state index contributed by atoms with van der Waals surface area (Å²) in [6.07, 6.45) is 0. The van der Waals surface area contributed by atoms with E-state index in [2.05, 4.69) is 10.4 Å². The lowest BCUT2D eigenvalue weighted by Crippen LogP contribution is -2.12. The van der Waals surface area contributed by atoms with Crippen LogP contribution in [0.15, 0.2) is 72.8 Å². The number of halogens is 2. The highest BCUT2D eigenvalue weighted by molar-refractivity contribution is 6.04. The lowest BCUT2D eigenvalue weighted by Gasteiger charge is -2.11. The van der Waals surface area contributed by atoms with Crippen molar-refractivity contribution in [1.82, 2.24) is 9.78 Å².